The number of amides is 1. The minimum atomic E-state index is -0.0625. The maximum atomic E-state index is 12.7. The highest BCUT2D eigenvalue weighted by atomic mass is 16.1. The highest BCUT2D eigenvalue weighted by molar-refractivity contribution is 5.79. The number of hydrogen-bond acceptors (Lipinski definition) is 6. The van der Waals surface area contributed by atoms with Gasteiger partial charge in [0, 0.05) is 43.8 Å². The molecule has 150 valence electrons. The van der Waals surface area contributed by atoms with E-state index in [2.05, 4.69) is 30.3 Å². The number of aryl methyl sites for hydroxylation is 2. The monoisotopic (exact) mass is 391 g/mol. The maximum absolute atomic E-state index is 12.7. The Kier molecular flexibility index (Phi) is 5.50. The van der Waals surface area contributed by atoms with Gasteiger partial charge in [0.1, 0.15) is 12.1 Å². The van der Waals surface area contributed by atoms with Crippen molar-refractivity contribution in [1.29, 1.82) is 0 Å². The van der Waals surface area contributed by atoms with E-state index in [1.165, 1.54) is 0 Å². The van der Waals surface area contributed by atoms with Crippen molar-refractivity contribution in [2.45, 2.75) is 33.2 Å². The van der Waals surface area contributed by atoms with Gasteiger partial charge in [0.15, 0.2) is 5.82 Å². The molecule has 1 aliphatic heterocycles. The molecule has 8 nitrogen and oxygen atoms in total. The first kappa shape index (κ1) is 19.0. The van der Waals surface area contributed by atoms with Gasteiger partial charge in [-0.15, -0.1) is 0 Å². The van der Waals surface area contributed by atoms with E-state index in [1.807, 2.05) is 42.8 Å². The molecular weight excluding hydrogens is 366 g/mol. The van der Waals surface area contributed by atoms with Crippen LogP contribution in [0.5, 0.6) is 0 Å². The third-order valence-electron chi connectivity index (χ3n) is 5.17. The van der Waals surface area contributed by atoms with E-state index in [-0.39, 0.29) is 11.8 Å². The molecule has 0 spiro atoms. The van der Waals surface area contributed by atoms with Gasteiger partial charge in [-0.25, -0.2) is 14.6 Å². The molecule has 8 heteroatoms. The number of carbonyl (C=O) groups is 1. The Labute approximate surface area is 170 Å². The van der Waals surface area contributed by atoms with Crippen molar-refractivity contribution in [3.63, 3.8) is 0 Å². The van der Waals surface area contributed by atoms with E-state index in [1.54, 1.807) is 18.7 Å². The van der Waals surface area contributed by atoms with Crippen molar-refractivity contribution < 1.29 is 4.79 Å². The number of nitrogens with one attached hydrogen (secondary N) is 1. The number of piperidine rings is 1. The van der Waals surface area contributed by atoms with Gasteiger partial charge in [-0.1, -0.05) is 6.07 Å². The second kappa shape index (κ2) is 8.38. The summed E-state index contributed by atoms with van der Waals surface area (Å²) >= 11 is 0. The second-order valence-corrected chi connectivity index (χ2v) is 7.44. The zero-order chi connectivity index (χ0) is 20.2. The minimum Gasteiger partial charge on any atom is -0.356 e. The highest BCUT2D eigenvalue weighted by Crippen LogP contribution is 2.23. The van der Waals surface area contributed by atoms with Gasteiger partial charge in [0.05, 0.1) is 11.6 Å². The highest BCUT2D eigenvalue weighted by Gasteiger charge is 2.26. The van der Waals surface area contributed by atoms with Gasteiger partial charge in [-0.3, -0.25) is 9.78 Å². The van der Waals surface area contributed by atoms with Gasteiger partial charge >= 0.3 is 0 Å². The minimum absolute atomic E-state index is 0.0625. The molecule has 0 saturated carbocycles. The first-order valence-electron chi connectivity index (χ1n) is 9.87. The summed E-state index contributed by atoms with van der Waals surface area (Å²) < 4.78 is 1.82. The number of rotatable bonds is 5. The maximum Gasteiger partial charge on any atom is 0.225 e. The zero-order valence-corrected chi connectivity index (χ0v) is 16.7. The molecular formula is C21H25N7O. The van der Waals surface area contributed by atoms with Crippen LogP contribution < -0.4 is 10.2 Å². The average Bonchev–Trinajstić information content (AvgIpc) is 3.11. The van der Waals surface area contributed by atoms with Crippen LogP contribution in [0.2, 0.25) is 0 Å². The molecule has 3 aromatic rings. The molecule has 0 radical (unpaired) electrons. The largest absolute Gasteiger partial charge is 0.356 e. The fraction of sp³-hybridized carbons (Fsp3) is 0.381. The number of carbonyl (C=O) groups excluding carboxylic acids is 1. The Balaban J connectivity index is 1.43. The molecule has 0 aliphatic carbocycles. The van der Waals surface area contributed by atoms with E-state index in [9.17, 15) is 4.79 Å². The van der Waals surface area contributed by atoms with Crippen LogP contribution in [0.25, 0.3) is 5.82 Å². The van der Waals surface area contributed by atoms with E-state index in [0.717, 1.165) is 48.0 Å². The molecule has 0 aromatic carbocycles. The Morgan fingerprint density at radius 3 is 2.86 bits per heavy atom. The molecule has 1 amide bonds. The molecule has 1 atom stereocenters. The summed E-state index contributed by atoms with van der Waals surface area (Å²) in [6.45, 7) is 5.99. The molecule has 4 heterocycles. The number of anilines is 1. The SMILES string of the molecule is Cc1cc(C)n(-c2cc(N3CCCC(C(=O)NCc4cccnc4)C3)ncn2)n1. The topological polar surface area (TPSA) is 88.8 Å². The van der Waals surface area contributed by atoms with Crippen molar-refractivity contribution in [3.8, 4) is 5.82 Å². The molecule has 0 bridgehead atoms. The van der Waals surface area contributed by atoms with E-state index in [0.29, 0.717) is 13.1 Å². The molecule has 29 heavy (non-hydrogen) atoms. The van der Waals surface area contributed by atoms with Crippen molar-refractivity contribution in [1.82, 2.24) is 30.0 Å². The summed E-state index contributed by atoms with van der Waals surface area (Å²) in [4.78, 5) is 27.7. The standard InChI is InChI=1S/C21H25N7O/c1-15-9-16(2)28(26-15)20-10-19(24-14-25-20)27-8-4-6-18(13-27)21(29)23-12-17-5-3-7-22-11-17/h3,5,7,9-11,14,18H,4,6,8,12-13H2,1-2H3,(H,23,29). The molecule has 3 aromatic heterocycles. The fourth-order valence-electron chi connectivity index (χ4n) is 3.72. The smallest absolute Gasteiger partial charge is 0.225 e. The summed E-state index contributed by atoms with van der Waals surface area (Å²) in [5, 5.41) is 7.54. The third kappa shape index (κ3) is 4.42. The van der Waals surface area contributed by atoms with Crippen LogP contribution in [0.4, 0.5) is 5.82 Å². The quantitative estimate of drug-likeness (QED) is 0.717. The van der Waals surface area contributed by atoms with Gasteiger partial charge in [0.2, 0.25) is 5.91 Å². The molecule has 1 unspecified atom stereocenters. The molecule has 1 fully saturated rings. The third-order valence-corrected chi connectivity index (χ3v) is 5.17. The molecule has 1 N–H and O–H groups in total. The zero-order valence-electron chi connectivity index (χ0n) is 16.7. The summed E-state index contributed by atoms with van der Waals surface area (Å²) in [5.74, 6) is 1.58. The van der Waals surface area contributed by atoms with Gasteiger partial charge in [-0.2, -0.15) is 5.10 Å². The predicted octanol–water partition coefficient (Wildman–Crippen LogP) is 2.21. The van der Waals surface area contributed by atoms with Crippen molar-refractivity contribution in [2.24, 2.45) is 5.92 Å². The molecule has 1 aliphatic rings. The number of pyridine rings is 1. The lowest BCUT2D eigenvalue weighted by Gasteiger charge is -2.33. The Bertz CT molecular complexity index is 986. The van der Waals surface area contributed by atoms with Crippen LogP contribution >= 0.6 is 0 Å². The molecule has 4 rings (SSSR count). The first-order chi connectivity index (χ1) is 14.1. The van der Waals surface area contributed by atoms with E-state index in [4.69, 9.17) is 0 Å². The van der Waals surface area contributed by atoms with Gasteiger partial charge in [-0.05, 0) is 44.4 Å². The lowest BCUT2D eigenvalue weighted by Crippen LogP contribution is -2.43. The fourth-order valence-corrected chi connectivity index (χ4v) is 3.72. The first-order valence-corrected chi connectivity index (χ1v) is 9.87. The summed E-state index contributed by atoms with van der Waals surface area (Å²) in [5.41, 5.74) is 2.98. The van der Waals surface area contributed by atoms with E-state index >= 15 is 0 Å². The van der Waals surface area contributed by atoms with Crippen LogP contribution in [0.1, 0.15) is 29.8 Å². The Morgan fingerprint density at radius 1 is 1.24 bits per heavy atom. The van der Waals surface area contributed by atoms with Gasteiger partial charge < -0.3 is 10.2 Å². The summed E-state index contributed by atoms with van der Waals surface area (Å²) in [7, 11) is 0. The van der Waals surface area contributed by atoms with Crippen LogP contribution in [0.3, 0.4) is 0 Å². The van der Waals surface area contributed by atoms with Crippen molar-refractivity contribution in [3.05, 3.63) is 59.9 Å². The van der Waals surface area contributed by atoms with Crippen molar-refractivity contribution >= 4 is 11.7 Å². The Hall–Kier alpha value is -3.29. The van der Waals surface area contributed by atoms with Crippen LogP contribution in [-0.4, -0.2) is 43.7 Å². The Morgan fingerprint density at radius 2 is 2.10 bits per heavy atom. The van der Waals surface area contributed by atoms with E-state index < -0.39 is 0 Å². The lowest BCUT2D eigenvalue weighted by molar-refractivity contribution is -0.125. The summed E-state index contributed by atoms with van der Waals surface area (Å²) in [6.07, 6.45) is 6.89. The second-order valence-electron chi connectivity index (χ2n) is 7.44. The molecule has 1 saturated heterocycles. The number of hydrogen-bond donors (Lipinski definition) is 1. The predicted molar refractivity (Wildman–Crippen MR) is 110 cm³/mol. The number of nitrogens with zero attached hydrogens (tertiary/aromatic N) is 6. The number of aromatic nitrogens is 5. The van der Waals surface area contributed by atoms with Gasteiger partial charge in [0.25, 0.3) is 0 Å². The average molecular weight is 391 g/mol. The van der Waals surface area contributed by atoms with Crippen LogP contribution in [-0.2, 0) is 11.3 Å². The summed E-state index contributed by atoms with van der Waals surface area (Å²) in [6, 6.07) is 7.79. The van der Waals surface area contributed by atoms with Crippen LogP contribution in [0, 0.1) is 19.8 Å². The van der Waals surface area contributed by atoms with Crippen molar-refractivity contribution in [2.75, 3.05) is 18.0 Å². The van der Waals surface area contributed by atoms with Crippen LogP contribution in [0.15, 0.2) is 43.0 Å². The normalized spacial score (nSPS) is 16.6. The lowest BCUT2D eigenvalue weighted by atomic mass is 9.97.